The molecule has 3 rings (SSSR count). The molecule has 1 aliphatic rings. The summed E-state index contributed by atoms with van der Waals surface area (Å²) < 4.78 is 5.37. The van der Waals surface area contributed by atoms with Crippen molar-refractivity contribution < 1.29 is 9.53 Å². The highest BCUT2D eigenvalue weighted by Gasteiger charge is 2.44. The van der Waals surface area contributed by atoms with Crippen LogP contribution in [-0.4, -0.2) is 5.97 Å². The molecule has 1 unspecified atom stereocenters. The van der Waals surface area contributed by atoms with Crippen LogP contribution >= 0.6 is 0 Å². The number of fused-ring (bicyclic) bond motifs is 1. The molecule has 0 saturated heterocycles. The van der Waals surface area contributed by atoms with Crippen LogP contribution in [0.3, 0.4) is 0 Å². The minimum Gasteiger partial charge on any atom is -0.426 e. The zero-order valence-corrected chi connectivity index (χ0v) is 10.9. The van der Waals surface area contributed by atoms with E-state index in [9.17, 15) is 4.79 Å². The number of hydrogen-bond acceptors (Lipinski definition) is 2. The second kappa shape index (κ2) is 4.54. The Morgan fingerprint density at radius 3 is 2.47 bits per heavy atom. The third-order valence-electron chi connectivity index (χ3n) is 3.89. The Labute approximate surface area is 113 Å². The van der Waals surface area contributed by atoms with E-state index in [1.165, 1.54) is 5.56 Å². The molecule has 0 spiro atoms. The lowest BCUT2D eigenvalue weighted by Crippen LogP contribution is -2.30. The maximum absolute atomic E-state index is 12.2. The summed E-state index contributed by atoms with van der Waals surface area (Å²) in [4.78, 5) is 12.2. The first kappa shape index (κ1) is 12.0. The normalized spacial score (nSPS) is 21.0. The van der Waals surface area contributed by atoms with Crippen molar-refractivity contribution in [1.82, 2.24) is 0 Å². The van der Waals surface area contributed by atoms with Crippen LogP contribution in [0.4, 0.5) is 0 Å². The Morgan fingerprint density at radius 2 is 1.68 bits per heavy atom. The standard InChI is InChI=1S/C17H16O2/c1-17(12-11-13-7-3-2-4-8-13)14-9-5-6-10-15(14)19-16(17)18/h2-10H,11-12H2,1H3. The molecule has 2 heteroatoms. The average molecular weight is 252 g/mol. The maximum Gasteiger partial charge on any atom is 0.321 e. The van der Waals surface area contributed by atoms with Crippen molar-refractivity contribution in [1.29, 1.82) is 0 Å². The first-order valence-corrected chi connectivity index (χ1v) is 6.56. The molecule has 0 aromatic heterocycles. The van der Waals surface area contributed by atoms with E-state index in [1.807, 2.05) is 49.4 Å². The van der Waals surface area contributed by atoms with Gasteiger partial charge in [-0.2, -0.15) is 0 Å². The van der Waals surface area contributed by atoms with Crippen molar-refractivity contribution in [3.8, 4) is 5.75 Å². The lowest BCUT2D eigenvalue weighted by atomic mass is 9.79. The lowest BCUT2D eigenvalue weighted by molar-refractivity contribution is -0.137. The van der Waals surface area contributed by atoms with Crippen LogP contribution in [-0.2, 0) is 16.6 Å². The molecule has 0 N–H and O–H groups in total. The lowest BCUT2D eigenvalue weighted by Gasteiger charge is -2.20. The first-order valence-electron chi connectivity index (χ1n) is 6.56. The zero-order chi connectivity index (χ0) is 13.3. The summed E-state index contributed by atoms with van der Waals surface area (Å²) in [5, 5.41) is 0. The van der Waals surface area contributed by atoms with E-state index in [0.29, 0.717) is 5.75 Å². The highest BCUT2D eigenvalue weighted by molar-refractivity contribution is 5.90. The van der Waals surface area contributed by atoms with Gasteiger partial charge in [0.15, 0.2) is 0 Å². The van der Waals surface area contributed by atoms with E-state index in [0.717, 1.165) is 18.4 Å². The topological polar surface area (TPSA) is 26.3 Å². The van der Waals surface area contributed by atoms with Gasteiger partial charge in [0.1, 0.15) is 5.75 Å². The molecule has 2 aromatic carbocycles. The molecule has 0 bridgehead atoms. The van der Waals surface area contributed by atoms with E-state index >= 15 is 0 Å². The quantitative estimate of drug-likeness (QED) is 0.617. The summed E-state index contributed by atoms with van der Waals surface area (Å²) in [5.74, 6) is 0.577. The molecule has 0 saturated carbocycles. The van der Waals surface area contributed by atoms with Crippen LogP contribution in [0, 0.1) is 0 Å². The fourth-order valence-electron chi connectivity index (χ4n) is 2.61. The van der Waals surface area contributed by atoms with Crippen molar-refractivity contribution in [2.24, 2.45) is 0 Å². The summed E-state index contributed by atoms with van der Waals surface area (Å²) in [5.41, 5.74) is 1.74. The Kier molecular flexibility index (Phi) is 2.86. The van der Waals surface area contributed by atoms with Gasteiger partial charge in [-0.05, 0) is 31.4 Å². The molecule has 0 amide bonds. The third-order valence-corrected chi connectivity index (χ3v) is 3.89. The maximum atomic E-state index is 12.2. The van der Waals surface area contributed by atoms with Gasteiger partial charge in [0.2, 0.25) is 0 Å². The molecule has 0 radical (unpaired) electrons. The molecule has 1 heterocycles. The Bertz CT molecular complexity index is 604. The summed E-state index contributed by atoms with van der Waals surface area (Å²) >= 11 is 0. The van der Waals surface area contributed by atoms with Gasteiger partial charge in [-0.25, -0.2) is 0 Å². The van der Waals surface area contributed by atoms with Gasteiger partial charge < -0.3 is 4.74 Å². The van der Waals surface area contributed by atoms with Gasteiger partial charge in [0, 0.05) is 5.56 Å². The number of benzene rings is 2. The van der Waals surface area contributed by atoms with E-state index in [-0.39, 0.29) is 5.97 Å². The monoisotopic (exact) mass is 252 g/mol. The minimum atomic E-state index is -0.521. The summed E-state index contributed by atoms with van der Waals surface area (Å²) in [6.07, 6.45) is 1.65. The Balaban J connectivity index is 1.85. The Hall–Kier alpha value is -2.09. The number of ether oxygens (including phenoxy) is 1. The molecule has 96 valence electrons. The summed E-state index contributed by atoms with van der Waals surface area (Å²) in [6.45, 7) is 1.98. The van der Waals surface area contributed by atoms with Crippen LogP contribution in [0.5, 0.6) is 5.75 Å². The molecular formula is C17H16O2. The fraction of sp³-hybridized carbons (Fsp3) is 0.235. The molecule has 2 aromatic rings. The van der Waals surface area contributed by atoms with Crippen LogP contribution in [0.15, 0.2) is 54.6 Å². The SMILES string of the molecule is CC1(CCc2ccccc2)C(=O)Oc2ccccc21. The van der Waals surface area contributed by atoms with Gasteiger partial charge in [-0.1, -0.05) is 48.5 Å². The number of rotatable bonds is 3. The van der Waals surface area contributed by atoms with Crippen LogP contribution in [0.2, 0.25) is 0 Å². The predicted octanol–water partition coefficient (Wildman–Crippen LogP) is 3.50. The number of esters is 1. The smallest absolute Gasteiger partial charge is 0.321 e. The van der Waals surface area contributed by atoms with Gasteiger partial charge in [-0.15, -0.1) is 0 Å². The van der Waals surface area contributed by atoms with Gasteiger partial charge >= 0.3 is 5.97 Å². The van der Waals surface area contributed by atoms with Crippen molar-refractivity contribution in [3.05, 3.63) is 65.7 Å². The number of aryl methyl sites for hydroxylation is 1. The largest absolute Gasteiger partial charge is 0.426 e. The molecule has 1 atom stereocenters. The Morgan fingerprint density at radius 1 is 1.00 bits per heavy atom. The molecule has 1 aliphatic heterocycles. The molecular weight excluding hydrogens is 236 g/mol. The van der Waals surface area contributed by atoms with E-state index in [1.54, 1.807) is 0 Å². The van der Waals surface area contributed by atoms with Gasteiger partial charge in [-0.3, -0.25) is 4.79 Å². The number of carbonyl (C=O) groups excluding carboxylic acids is 1. The van der Waals surface area contributed by atoms with Crippen molar-refractivity contribution in [2.75, 3.05) is 0 Å². The fourth-order valence-corrected chi connectivity index (χ4v) is 2.61. The van der Waals surface area contributed by atoms with Crippen molar-refractivity contribution in [2.45, 2.75) is 25.2 Å². The van der Waals surface area contributed by atoms with Crippen LogP contribution in [0.1, 0.15) is 24.5 Å². The zero-order valence-electron chi connectivity index (χ0n) is 10.9. The van der Waals surface area contributed by atoms with E-state index < -0.39 is 5.41 Å². The van der Waals surface area contributed by atoms with Gasteiger partial charge in [0.05, 0.1) is 5.41 Å². The molecule has 0 fully saturated rings. The number of carbonyl (C=O) groups is 1. The minimum absolute atomic E-state index is 0.135. The second-order valence-corrected chi connectivity index (χ2v) is 5.20. The molecule has 0 aliphatic carbocycles. The van der Waals surface area contributed by atoms with Gasteiger partial charge in [0.25, 0.3) is 0 Å². The number of para-hydroxylation sites is 1. The summed E-state index contributed by atoms with van der Waals surface area (Å²) in [7, 11) is 0. The highest BCUT2D eigenvalue weighted by atomic mass is 16.5. The predicted molar refractivity (Wildman–Crippen MR) is 74.2 cm³/mol. The summed E-state index contributed by atoms with van der Waals surface area (Å²) in [6, 6.07) is 18.0. The van der Waals surface area contributed by atoms with Crippen LogP contribution < -0.4 is 4.74 Å². The first-order chi connectivity index (χ1) is 9.20. The van der Waals surface area contributed by atoms with E-state index in [2.05, 4.69) is 12.1 Å². The molecule has 2 nitrogen and oxygen atoms in total. The highest BCUT2D eigenvalue weighted by Crippen LogP contribution is 2.42. The third kappa shape index (κ3) is 2.03. The molecule has 19 heavy (non-hydrogen) atoms. The van der Waals surface area contributed by atoms with Crippen molar-refractivity contribution in [3.63, 3.8) is 0 Å². The average Bonchev–Trinajstić information content (AvgIpc) is 2.71. The van der Waals surface area contributed by atoms with Crippen molar-refractivity contribution >= 4 is 5.97 Å². The number of hydrogen-bond donors (Lipinski definition) is 0. The second-order valence-electron chi connectivity index (χ2n) is 5.20. The van der Waals surface area contributed by atoms with Crippen LogP contribution in [0.25, 0.3) is 0 Å². The van der Waals surface area contributed by atoms with E-state index in [4.69, 9.17) is 4.74 Å².